The second-order valence-corrected chi connectivity index (χ2v) is 3.06. The summed E-state index contributed by atoms with van der Waals surface area (Å²) >= 11 is 0. The van der Waals surface area contributed by atoms with Gasteiger partial charge in [0.15, 0.2) is 0 Å². The molecule has 80 valence electrons. The Hall–Kier alpha value is -1.91. The number of ether oxygens (including phenoxy) is 1. The zero-order valence-corrected chi connectivity index (χ0v) is 8.83. The van der Waals surface area contributed by atoms with Crippen LogP contribution in [-0.4, -0.2) is 24.0 Å². The normalized spacial score (nSPS) is 9.53. The standard InChI is InChI=1S/C10H12N2O3/c1-6-5-11-9(10(14)15-3)4-8(6)12-7(2)13/h4-5H,1-3H3,(H,11,12,13). The molecule has 0 aliphatic carbocycles. The Morgan fingerprint density at radius 3 is 2.67 bits per heavy atom. The third-order valence-corrected chi connectivity index (χ3v) is 1.81. The summed E-state index contributed by atoms with van der Waals surface area (Å²) in [5.74, 6) is -0.721. The number of carbonyl (C=O) groups is 2. The number of methoxy groups -OCH3 is 1. The molecule has 0 saturated heterocycles. The first-order valence-corrected chi connectivity index (χ1v) is 4.37. The molecular weight excluding hydrogens is 196 g/mol. The summed E-state index contributed by atoms with van der Waals surface area (Å²) in [5.41, 5.74) is 1.53. The molecule has 1 aromatic rings. The number of aromatic nitrogens is 1. The summed E-state index contributed by atoms with van der Waals surface area (Å²) in [5, 5.41) is 2.61. The highest BCUT2D eigenvalue weighted by molar-refractivity contribution is 5.93. The third-order valence-electron chi connectivity index (χ3n) is 1.81. The van der Waals surface area contributed by atoms with Crippen molar-refractivity contribution in [3.8, 4) is 0 Å². The Kier molecular flexibility index (Phi) is 3.38. The molecule has 0 aromatic carbocycles. The van der Waals surface area contributed by atoms with E-state index in [9.17, 15) is 9.59 Å². The Morgan fingerprint density at radius 1 is 1.47 bits per heavy atom. The average molecular weight is 208 g/mol. The molecule has 0 unspecified atom stereocenters. The van der Waals surface area contributed by atoms with Gasteiger partial charge in [0, 0.05) is 18.8 Å². The van der Waals surface area contributed by atoms with Crippen LogP contribution in [-0.2, 0) is 9.53 Å². The van der Waals surface area contributed by atoms with Crippen LogP contribution in [0.1, 0.15) is 23.0 Å². The van der Waals surface area contributed by atoms with E-state index in [0.717, 1.165) is 5.56 Å². The van der Waals surface area contributed by atoms with Gasteiger partial charge in [0.05, 0.1) is 7.11 Å². The number of aryl methyl sites for hydroxylation is 1. The fourth-order valence-electron chi connectivity index (χ4n) is 1.06. The molecule has 1 amide bonds. The predicted molar refractivity (Wildman–Crippen MR) is 54.6 cm³/mol. The summed E-state index contributed by atoms with van der Waals surface area (Å²) in [4.78, 5) is 25.9. The second kappa shape index (κ2) is 4.54. The lowest BCUT2D eigenvalue weighted by atomic mass is 10.2. The lowest BCUT2D eigenvalue weighted by molar-refractivity contribution is -0.114. The molecule has 0 fully saturated rings. The van der Waals surface area contributed by atoms with E-state index < -0.39 is 5.97 Å². The first-order valence-electron chi connectivity index (χ1n) is 4.37. The molecule has 0 spiro atoms. The molecule has 5 nitrogen and oxygen atoms in total. The number of esters is 1. The van der Waals surface area contributed by atoms with E-state index in [1.807, 2.05) is 0 Å². The summed E-state index contributed by atoms with van der Waals surface area (Å²) in [6.45, 7) is 3.19. The van der Waals surface area contributed by atoms with Crippen LogP contribution in [0.5, 0.6) is 0 Å². The molecule has 0 aliphatic heterocycles. The smallest absolute Gasteiger partial charge is 0.356 e. The summed E-state index contributed by atoms with van der Waals surface area (Å²) in [6.07, 6.45) is 1.51. The van der Waals surface area contributed by atoms with Gasteiger partial charge in [0.25, 0.3) is 0 Å². The highest BCUT2D eigenvalue weighted by atomic mass is 16.5. The summed E-state index contributed by atoms with van der Waals surface area (Å²) in [7, 11) is 1.28. The molecule has 1 aromatic heterocycles. The molecule has 0 radical (unpaired) electrons. The molecule has 5 heteroatoms. The zero-order chi connectivity index (χ0) is 11.4. The van der Waals surface area contributed by atoms with Crippen LogP contribution in [0.4, 0.5) is 5.69 Å². The van der Waals surface area contributed by atoms with Gasteiger partial charge in [-0.2, -0.15) is 0 Å². The zero-order valence-electron chi connectivity index (χ0n) is 8.83. The van der Waals surface area contributed by atoms with Crippen LogP contribution in [0.2, 0.25) is 0 Å². The van der Waals surface area contributed by atoms with E-state index in [4.69, 9.17) is 0 Å². The number of hydrogen-bond donors (Lipinski definition) is 1. The maximum atomic E-state index is 11.2. The summed E-state index contributed by atoms with van der Waals surface area (Å²) in [6, 6.07) is 1.49. The number of hydrogen-bond acceptors (Lipinski definition) is 4. The number of carbonyl (C=O) groups excluding carboxylic acids is 2. The molecule has 1 heterocycles. The number of rotatable bonds is 2. The minimum atomic E-state index is -0.526. The highest BCUT2D eigenvalue weighted by Gasteiger charge is 2.10. The van der Waals surface area contributed by atoms with Crippen LogP contribution >= 0.6 is 0 Å². The minimum absolute atomic E-state index is 0.173. The van der Waals surface area contributed by atoms with Crippen molar-refractivity contribution in [3.63, 3.8) is 0 Å². The second-order valence-electron chi connectivity index (χ2n) is 3.06. The van der Waals surface area contributed by atoms with E-state index in [1.165, 1.54) is 26.3 Å². The Labute approximate surface area is 87.5 Å². The van der Waals surface area contributed by atoms with Gasteiger partial charge >= 0.3 is 5.97 Å². The van der Waals surface area contributed by atoms with Crippen molar-refractivity contribution in [3.05, 3.63) is 23.5 Å². The quantitative estimate of drug-likeness (QED) is 0.740. The van der Waals surface area contributed by atoms with Crippen molar-refractivity contribution >= 4 is 17.6 Å². The molecule has 1 rings (SSSR count). The first-order chi connectivity index (χ1) is 7.04. The van der Waals surface area contributed by atoms with Gasteiger partial charge < -0.3 is 10.1 Å². The van der Waals surface area contributed by atoms with Gasteiger partial charge in [-0.25, -0.2) is 9.78 Å². The van der Waals surface area contributed by atoms with Crippen molar-refractivity contribution in [2.75, 3.05) is 12.4 Å². The maximum absolute atomic E-state index is 11.2. The SMILES string of the molecule is COC(=O)c1cc(NC(C)=O)c(C)cn1. The van der Waals surface area contributed by atoms with Gasteiger partial charge in [-0.3, -0.25) is 4.79 Å². The Balaban J connectivity index is 3.05. The van der Waals surface area contributed by atoms with E-state index in [2.05, 4.69) is 15.0 Å². The number of amides is 1. The number of nitrogens with one attached hydrogen (secondary N) is 1. The maximum Gasteiger partial charge on any atom is 0.356 e. The average Bonchev–Trinajstić information content (AvgIpc) is 2.19. The largest absolute Gasteiger partial charge is 0.464 e. The molecule has 0 atom stereocenters. The molecule has 0 aliphatic rings. The number of nitrogens with zero attached hydrogens (tertiary/aromatic N) is 1. The predicted octanol–water partition coefficient (Wildman–Crippen LogP) is 1.14. The van der Waals surface area contributed by atoms with Gasteiger partial charge in [-0.05, 0) is 18.6 Å². The minimum Gasteiger partial charge on any atom is -0.464 e. The van der Waals surface area contributed by atoms with Crippen LogP contribution in [0.15, 0.2) is 12.3 Å². The Morgan fingerprint density at radius 2 is 2.13 bits per heavy atom. The van der Waals surface area contributed by atoms with Crippen LogP contribution < -0.4 is 5.32 Å². The van der Waals surface area contributed by atoms with Crippen LogP contribution in [0.25, 0.3) is 0 Å². The van der Waals surface area contributed by atoms with Crippen molar-refractivity contribution in [1.82, 2.24) is 4.98 Å². The molecular formula is C10H12N2O3. The van der Waals surface area contributed by atoms with Crippen molar-refractivity contribution in [2.24, 2.45) is 0 Å². The van der Waals surface area contributed by atoms with Gasteiger partial charge in [0.2, 0.25) is 5.91 Å². The van der Waals surface area contributed by atoms with E-state index >= 15 is 0 Å². The van der Waals surface area contributed by atoms with Crippen LogP contribution in [0, 0.1) is 6.92 Å². The van der Waals surface area contributed by atoms with Crippen molar-refractivity contribution in [2.45, 2.75) is 13.8 Å². The molecule has 1 N–H and O–H groups in total. The summed E-state index contributed by atoms with van der Waals surface area (Å²) < 4.78 is 4.52. The van der Waals surface area contributed by atoms with E-state index in [0.29, 0.717) is 5.69 Å². The Bertz CT molecular complexity index is 402. The number of pyridine rings is 1. The highest BCUT2D eigenvalue weighted by Crippen LogP contribution is 2.14. The lowest BCUT2D eigenvalue weighted by Crippen LogP contribution is -2.10. The topological polar surface area (TPSA) is 68.3 Å². The molecule has 0 saturated carbocycles. The monoisotopic (exact) mass is 208 g/mol. The molecule has 0 bridgehead atoms. The fraction of sp³-hybridized carbons (Fsp3) is 0.300. The van der Waals surface area contributed by atoms with Gasteiger partial charge in [-0.1, -0.05) is 0 Å². The van der Waals surface area contributed by atoms with Gasteiger partial charge in [-0.15, -0.1) is 0 Å². The third kappa shape index (κ3) is 2.77. The fourth-order valence-corrected chi connectivity index (χ4v) is 1.06. The van der Waals surface area contributed by atoms with Crippen molar-refractivity contribution in [1.29, 1.82) is 0 Å². The molecule has 15 heavy (non-hydrogen) atoms. The van der Waals surface area contributed by atoms with Gasteiger partial charge in [0.1, 0.15) is 5.69 Å². The first kappa shape index (κ1) is 11.2. The van der Waals surface area contributed by atoms with E-state index in [-0.39, 0.29) is 11.6 Å². The lowest BCUT2D eigenvalue weighted by Gasteiger charge is -2.07. The van der Waals surface area contributed by atoms with Crippen LogP contribution in [0.3, 0.4) is 0 Å². The van der Waals surface area contributed by atoms with Crippen molar-refractivity contribution < 1.29 is 14.3 Å². The van der Waals surface area contributed by atoms with E-state index in [1.54, 1.807) is 6.92 Å². The number of anilines is 1.